The van der Waals surface area contributed by atoms with Crippen molar-refractivity contribution in [2.75, 3.05) is 13.2 Å². The van der Waals surface area contributed by atoms with Crippen molar-refractivity contribution in [1.29, 1.82) is 0 Å². The Bertz CT molecular complexity index is 323. The second kappa shape index (κ2) is 11.3. The van der Waals surface area contributed by atoms with Crippen molar-refractivity contribution in [2.24, 2.45) is 11.8 Å². The van der Waals surface area contributed by atoms with E-state index in [9.17, 15) is 4.79 Å². The third kappa shape index (κ3) is 5.84. The second-order valence-corrected chi connectivity index (χ2v) is 7.78. The number of unbranched alkanes of at least 4 members (excludes halogenated alkanes) is 2. The highest BCUT2D eigenvalue weighted by Gasteiger charge is 2.39. The molecule has 3 heteroatoms. The van der Waals surface area contributed by atoms with Crippen LogP contribution < -0.4 is 0 Å². The first-order valence-corrected chi connectivity index (χ1v) is 10.5. The molecule has 4 atom stereocenters. The highest BCUT2D eigenvalue weighted by atomic mass is 16.5. The molecule has 2 heterocycles. The quantitative estimate of drug-likeness (QED) is 0.602. The first kappa shape index (κ1) is 19.9. The van der Waals surface area contributed by atoms with E-state index < -0.39 is 0 Å². The van der Waals surface area contributed by atoms with Crippen LogP contribution in [0.2, 0.25) is 0 Å². The third-order valence-electron chi connectivity index (χ3n) is 5.81. The van der Waals surface area contributed by atoms with Crippen molar-refractivity contribution >= 4 is 5.78 Å². The fourth-order valence-corrected chi connectivity index (χ4v) is 4.33. The molecule has 2 saturated heterocycles. The minimum absolute atomic E-state index is 0.216. The van der Waals surface area contributed by atoms with Gasteiger partial charge in [0.05, 0.1) is 0 Å². The third-order valence-corrected chi connectivity index (χ3v) is 5.81. The van der Waals surface area contributed by atoms with Gasteiger partial charge in [0.2, 0.25) is 0 Å². The molecular formula is C21H38O3. The number of carbonyl (C=O) groups is 1. The van der Waals surface area contributed by atoms with E-state index in [1.165, 1.54) is 38.5 Å². The van der Waals surface area contributed by atoms with Crippen LogP contribution in [0, 0.1) is 11.8 Å². The van der Waals surface area contributed by atoms with Crippen molar-refractivity contribution in [3.05, 3.63) is 0 Å². The van der Waals surface area contributed by atoms with Gasteiger partial charge < -0.3 is 9.47 Å². The first-order chi connectivity index (χ1) is 11.8. The van der Waals surface area contributed by atoms with Crippen molar-refractivity contribution < 1.29 is 14.3 Å². The summed E-state index contributed by atoms with van der Waals surface area (Å²) in [5.41, 5.74) is 0. The van der Waals surface area contributed by atoms with Gasteiger partial charge in [-0.15, -0.1) is 0 Å². The van der Waals surface area contributed by atoms with E-state index in [2.05, 4.69) is 13.8 Å². The maximum Gasteiger partial charge on any atom is 0.190 e. The zero-order chi connectivity index (χ0) is 17.2. The number of Topliss-reactive ketones (excluding diaryl/α,β-unsaturated/α-hetero) is 1. The molecule has 2 rings (SSSR count). The molecule has 0 aliphatic carbocycles. The Morgan fingerprint density at radius 3 is 1.67 bits per heavy atom. The van der Waals surface area contributed by atoms with Crippen LogP contribution in [0.1, 0.15) is 90.9 Å². The summed E-state index contributed by atoms with van der Waals surface area (Å²) in [4.78, 5) is 13.4. The number of hydrogen-bond acceptors (Lipinski definition) is 3. The van der Waals surface area contributed by atoms with Gasteiger partial charge in [-0.05, 0) is 50.4 Å². The van der Waals surface area contributed by atoms with Gasteiger partial charge in [-0.2, -0.15) is 0 Å². The van der Waals surface area contributed by atoms with Gasteiger partial charge in [0.15, 0.2) is 5.78 Å². The molecule has 0 saturated carbocycles. The molecule has 2 aliphatic heterocycles. The first-order valence-electron chi connectivity index (χ1n) is 10.5. The van der Waals surface area contributed by atoms with Gasteiger partial charge in [-0.3, -0.25) is 4.79 Å². The molecule has 0 aromatic rings. The number of rotatable bonds is 8. The molecule has 3 nitrogen and oxygen atoms in total. The summed E-state index contributed by atoms with van der Waals surface area (Å²) in [6, 6.07) is 0. The fourth-order valence-electron chi connectivity index (χ4n) is 4.33. The summed E-state index contributed by atoms with van der Waals surface area (Å²) in [7, 11) is 0. The monoisotopic (exact) mass is 338 g/mol. The lowest BCUT2D eigenvalue weighted by Crippen LogP contribution is -2.43. The predicted molar refractivity (Wildman–Crippen MR) is 98.2 cm³/mol. The van der Waals surface area contributed by atoms with Gasteiger partial charge in [-0.25, -0.2) is 0 Å². The maximum absolute atomic E-state index is 13.4. The van der Waals surface area contributed by atoms with Crippen LogP contribution in [-0.2, 0) is 14.3 Å². The molecule has 0 amide bonds. The Labute approximate surface area is 148 Å². The maximum atomic E-state index is 13.4. The summed E-state index contributed by atoms with van der Waals surface area (Å²) in [6.45, 7) is 5.93. The largest absolute Gasteiger partial charge is 0.370 e. The number of ketones is 1. The van der Waals surface area contributed by atoms with Crippen molar-refractivity contribution in [1.82, 2.24) is 0 Å². The zero-order valence-corrected chi connectivity index (χ0v) is 15.9. The standard InChI is InChI=1S/C21H38O3/c1-3-5-11-17-13-7-9-15-23-20(17)19(22)21-18(12-6-4-2)14-8-10-16-24-21/h17-18,20-21H,3-16H2,1-2H3. The highest BCUT2D eigenvalue weighted by Crippen LogP contribution is 2.32. The van der Waals surface area contributed by atoms with Crippen LogP contribution in [0.3, 0.4) is 0 Å². The summed E-state index contributed by atoms with van der Waals surface area (Å²) in [5.74, 6) is 1.07. The lowest BCUT2D eigenvalue weighted by Gasteiger charge is -2.30. The number of carbonyl (C=O) groups excluding carboxylic acids is 1. The Morgan fingerprint density at radius 2 is 1.25 bits per heavy atom. The van der Waals surface area contributed by atoms with E-state index in [1.54, 1.807) is 0 Å². The van der Waals surface area contributed by atoms with E-state index in [1.807, 2.05) is 0 Å². The Balaban J connectivity index is 2.07. The number of hydrogen-bond donors (Lipinski definition) is 0. The average Bonchev–Trinajstić information content (AvgIpc) is 2.97. The molecule has 0 aromatic carbocycles. The molecule has 0 aromatic heterocycles. The van der Waals surface area contributed by atoms with Crippen LogP contribution in [0.5, 0.6) is 0 Å². The van der Waals surface area contributed by atoms with Crippen LogP contribution in [0.4, 0.5) is 0 Å². The Kier molecular flexibility index (Phi) is 9.33. The normalized spacial score (nSPS) is 32.1. The van der Waals surface area contributed by atoms with Gasteiger partial charge in [0, 0.05) is 13.2 Å². The molecule has 4 unspecified atom stereocenters. The van der Waals surface area contributed by atoms with Gasteiger partial charge in [0.25, 0.3) is 0 Å². The van der Waals surface area contributed by atoms with E-state index >= 15 is 0 Å². The molecule has 24 heavy (non-hydrogen) atoms. The van der Waals surface area contributed by atoms with E-state index in [-0.39, 0.29) is 18.0 Å². The van der Waals surface area contributed by atoms with Crippen molar-refractivity contribution in [3.8, 4) is 0 Å². The van der Waals surface area contributed by atoms with Crippen LogP contribution >= 0.6 is 0 Å². The van der Waals surface area contributed by atoms with Gasteiger partial charge in [0.1, 0.15) is 12.2 Å². The Morgan fingerprint density at radius 1 is 0.792 bits per heavy atom. The van der Waals surface area contributed by atoms with E-state index in [0.29, 0.717) is 11.8 Å². The summed E-state index contributed by atoms with van der Waals surface area (Å²) in [6.07, 6.45) is 13.5. The zero-order valence-electron chi connectivity index (χ0n) is 15.9. The molecule has 2 fully saturated rings. The van der Waals surface area contributed by atoms with Crippen molar-refractivity contribution in [2.45, 2.75) is 103 Å². The second-order valence-electron chi connectivity index (χ2n) is 7.78. The van der Waals surface area contributed by atoms with Crippen molar-refractivity contribution in [3.63, 3.8) is 0 Å². The van der Waals surface area contributed by atoms with Gasteiger partial charge in [-0.1, -0.05) is 52.4 Å². The molecule has 140 valence electrons. The topological polar surface area (TPSA) is 35.5 Å². The summed E-state index contributed by atoms with van der Waals surface area (Å²) >= 11 is 0. The number of ether oxygens (including phenoxy) is 2. The lowest BCUT2D eigenvalue weighted by molar-refractivity contribution is -0.149. The van der Waals surface area contributed by atoms with Crippen LogP contribution in [0.25, 0.3) is 0 Å². The average molecular weight is 339 g/mol. The molecular weight excluding hydrogens is 300 g/mol. The molecule has 2 aliphatic rings. The minimum Gasteiger partial charge on any atom is -0.370 e. The Hall–Kier alpha value is -0.410. The lowest BCUT2D eigenvalue weighted by atomic mass is 9.82. The molecule has 0 radical (unpaired) electrons. The van der Waals surface area contributed by atoms with Crippen LogP contribution in [-0.4, -0.2) is 31.2 Å². The SMILES string of the molecule is CCCCC1CCCCOC1C(=O)C1OCCCCC1CCCC. The fraction of sp³-hybridized carbons (Fsp3) is 0.952. The molecule has 0 N–H and O–H groups in total. The minimum atomic E-state index is -0.216. The van der Waals surface area contributed by atoms with Gasteiger partial charge >= 0.3 is 0 Å². The summed E-state index contributed by atoms with van der Waals surface area (Å²) in [5, 5.41) is 0. The summed E-state index contributed by atoms with van der Waals surface area (Å²) < 4.78 is 12.2. The molecule has 0 bridgehead atoms. The van der Waals surface area contributed by atoms with E-state index in [4.69, 9.17) is 9.47 Å². The van der Waals surface area contributed by atoms with Crippen LogP contribution in [0.15, 0.2) is 0 Å². The van der Waals surface area contributed by atoms with E-state index in [0.717, 1.165) is 51.7 Å². The smallest absolute Gasteiger partial charge is 0.190 e. The highest BCUT2D eigenvalue weighted by molar-refractivity contribution is 5.88. The molecule has 0 spiro atoms. The predicted octanol–water partition coefficient (Wildman–Crippen LogP) is 5.31.